The predicted octanol–water partition coefficient (Wildman–Crippen LogP) is 3.27. The van der Waals surface area contributed by atoms with E-state index in [1.807, 2.05) is 13.8 Å². The van der Waals surface area contributed by atoms with Gasteiger partial charge in [-0.2, -0.15) is 4.31 Å². The quantitative estimate of drug-likeness (QED) is 0.342. The fraction of sp³-hybridized carbons (Fsp3) is 0.387. The predicted molar refractivity (Wildman–Crippen MR) is 167 cm³/mol. The number of aliphatic hydroxyl groups excluding tert-OH is 1. The van der Waals surface area contributed by atoms with Gasteiger partial charge in [0.1, 0.15) is 17.6 Å². The molecule has 4 rings (SSSR count). The van der Waals surface area contributed by atoms with Crippen LogP contribution < -0.4 is 14.2 Å². The van der Waals surface area contributed by atoms with Gasteiger partial charge in [-0.1, -0.05) is 24.6 Å². The van der Waals surface area contributed by atoms with Crippen molar-refractivity contribution in [3.05, 3.63) is 77.9 Å². The van der Waals surface area contributed by atoms with Crippen LogP contribution in [0.15, 0.2) is 76.5 Å². The smallest absolute Gasteiger partial charge is 0.261 e. The van der Waals surface area contributed by atoms with Gasteiger partial charge < -0.3 is 19.5 Å². The molecule has 1 aliphatic rings. The van der Waals surface area contributed by atoms with E-state index in [9.17, 15) is 26.7 Å². The number of anilines is 1. The van der Waals surface area contributed by atoms with Gasteiger partial charge in [0.15, 0.2) is 0 Å². The Balaban J connectivity index is 1.67. The molecule has 0 fully saturated rings. The Morgan fingerprint density at radius 1 is 1.05 bits per heavy atom. The SMILES string of the molecule is COc1ccc(S(=O)(=O)N(C)C[C@H]2Oc3ccc(NS(=O)(=O)c4ccc(C)cc4)cc3CC(=O)N([C@@H](C)CO)C[C@@H]2C)cc1. The molecule has 1 amide bonds. The van der Waals surface area contributed by atoms with Gasteiger partial charge in [0.05, 0.1) is 42.5 Å². The van der Waals surface area contributed by atoms with Gasteiger partial charge in [0.2, 0.25) is 15.9 Å². The molecule has 0 aliphatic carbocycles. The van der Waals surface area contributed by atoms with E-state index in [-0.39, 0.29) is 53.4 Å². The van der Waals surface area contributed by atoms with Crippen LogP contribution in [0.4, 0.5) is 5.69 Å². The maximum Gasteiger partial charge on any atom is 0.261 e. The first-order valence-electron chi connectivity index (χ1n) is 14.1. The third-order valence-electron chi connectivity index (χ3n) is 7.70. The molecule has 1 heterocycles. The third-order valence-corrected chi connectivity index (χ3v) is 10.9. The second kappa shape index (κ2) is 13.6. The number of likely N-dealkylation sites (N-methyl/N-ethyl adjacent to an activating group) is 1. The number of rotatable bonds is 10. The van der Waals surface area contributed by atoms with Gasteiger partial charge >= 0.3 is 0 Å². The van der Waals surface area contributed by atoms with Crippen molar-refractivity contribution in [2.75, 3.05) is 38.6 Å². The zero-order chi connectivity index (χ0) is 32.2. The van der Waals surface area contributed by atoms with Crippen LogP contribution in [0.1, 0.15) is 25.0 Å². The molecule has 3 aromatic rings. The summed E-state index contributed by atoms with van der Waals surface area (Å²) in [6, 6.07) is 16.7. The lowest BCUT2D eigenvalue weighted by atomic mass is 10.0. The number of nitrogens with one attached hydrogen (secondary N) is 1. The molecule has 0 unspecified atom stereocenters. The summed E-state index contributed by atoms with van der Waals surface area (Å²) in [7, 11) is -4.84. The molecule has 0 radical (unpaired) electrons. The number of ether oxygens (including phenoxy) is 2. The van der Waals surface area contributed by atoms with Gasteiger partial charge in [0, 0.05) is 30.8 Å². The van der Waals surface area contributed by atoms with Gasteiger partial charge in [-0.3, -0.25) is 9.52 Å². The van der Waals surface area contributed by atoms with Crippen LogP contribution in [-0.4, -0.2) is 83.1 Å². The van der Waals surface area contributed by atoms with Crippen LogP contribution in [0.5, 0.6) is 11.5 Å². The van der Waals surface area contributed by atoms with Crippen LogP contribution in [0, 0.1) is 12.8 Å². The van der Waals surface area contributed by atoms with Crippen LogP contribution in [0.3, 0.4) is 0 Å². The summed E-state index contributed by atoms with van der Waals surface area (Å²) in [5.41, 5.74) is 1.59. The standard InChI is InChI=1S/C31H39N3O8S2/c1-21-6-11-27(12-7-21)43(37,38)32-25-8-15-29-24(16-25)17-31(36)34(23(3)20-35)18-22(2)30(42-29)19-33(4)44(39,40)28-13-9-26(41-5)10-14-28/h6-16,22-23,30,32,35H,17-20H2,1-5H3/t22-,23-,30+/m0/s1. The topological polar surface area (TPSA) is 143 Å². The molecule has 0 saturated carbocycles. The number of aryl methyl sites for hydroxylation is 1. The van der Waals surface area contributed by atoms with Crippen LogP contribution in [0.25, 0.3) is 0 Å². The molecule has 0 bridgehead atoms. The summed E-state index contributed by atoms with van der Waals surface area (Å²) in [6.45, 7) is 5.36. The summed E-state index contributed by atoms with van der Waals surface area (Å²) >= 11 is 0. The average Bonchev–Trinajstić information content (AvgIpc) is 3.04. The Hall–Kier alpha value is -3.65. The molecule has 13 heteroatoms. The second-order valence-electron chi connectivity index (χ2n) is 11.1. The number of methoxy groups -OCH3 is 1. The van der Waals surface area contributed by atoms with E-state index in [0.29, 0.717) is 17.1 Å². The van der Waals surface area contributed by atoms with E-state index in [0.717, 1.165) is 5.56 Å². The minimum absolute atomic E-state index is 0.0354. The van der Waals surface area contributed by atoms with E-state index < -0.39 is 32.2 Å². The molecular weight excluding hydrogens is 606 g/mol. The highest BCUT2D eigenvalue weighted by atomic mass is 32.2. The Morgan fingerprint density at radius 3 is 2.30 bits per heavy atom. The van der Waals surface area contributed by atoms with Crippen molar-refractivity contribution in [2.24, 2.45) is 5.92 Å². The normalized spacial score (nSPS) is 18.4. The first-order valence-corrected chi connectivity index (χ1v) is 17.1. The molecule has 44 heavy (non-hydrogen) atoms. The average molecular weight is 646 g/mol. The number of fused-ring (bicyclic) bond motifs is 1. The highest BCUT2D eigenvalue weighted by Crippen LogP contribution is 2.31. The van der Waals surface area contributed by atoms with E-state index >= 15 is 0 Å². The minimum atomic E-state index is -3.90. The van der Waals surface area contributed by atoms with E-state index in [1.165, 1.54) is 42.7 Å². The maximum atomic E-state index is 13.5. The monoisotopic (exact) mass is 645 g/mol. The lowest BCUT2D eigenvalue weighted by Crippen LogP contribution is -2.48. The molecule has 0 saturated heterocycles. The van der Waals surface area contributed by atoms with Crippen molar-refractivity contribution >= 4 is 31.6 Å². The first kappa shape index (κ1) is 33.2. The zero-order valence-corrected chi connectivity index (χ0v) is 27.1. The summed E-state index contributed by atoms with van der Waals surface area (Å²) < 4.78 is 68.3. The highest BCUT2D eigenvalue weighted by Gasteiger charge is 2.33. The van der Waals surface area contributed by atoms with Crippen LogP contribution in [0.2, 0.25) is 0 Å². The molecule has 2 N–H and O–H groups in total. The fourth-order valence-electron chi connectivity index (χ4n) is 4.92. The Bertz CT molecular complexity index is 1680. The number of nitrogens with zero attached hydrogens (tertiary/aromatic N) is 2. The van der Waals surface area contributed by atoms with E-state index in [1.54, 1.807) is 54.3 Å². The lowest BCUT2D eigenvalue weighted by Gasteiger charge is -2.33. The minimum Gasteiger partial charge on any atom is -0.497 e. The summed E-state index contributed by atoms with van der Waals surface area (Å²) in [5.74, 6) is 0.246. The third kappa shape index (κ3) is 7.52. The molecule has 3 aromatic carbocycles. The van der Waals surface area contributed by atoms with Crippen molar-refractivity contribution < 1.29 is 36.2 Å². The maximum absolute atomic E-state index is 13.5. The Morgan fingerprint density at radius 2 is 1.68 bits per heavy atom. The van der Waals surface area contributed by atoms with Crippen molar-refractivity contribution in [3.63, 3.8) is 0 Å². The molecular formula is C31H39N3O8S2. The largest absolute Gasteiger partial charge is 0.497 e. The van der Waals surface area contributed by atoms with Crippen molar-refractivity contribution in [2.45, 2.75) is 49.1 Å². The molecule has 0 spiro atoms. The first-order chi connectivity index (χ1) is 20.7. The lowest BCUT2D eigenvalue weighted by molar-refractivity contribution is -0.134. The number of hydrogen-bond acceptors (Lipinski definition) is 8. The Labute approximate surface area is 259 Å². The zero-order valence-electron chi connectivity index (χ0n) is 25.4. The Kier molecular flexibility index (Phi) is 10.2. The van der Waals surface area contributed by atoms with Crippen LogP contribution in [-0.2, 0) is 31.3 Å². The van der Waals surface area contributed by atoms with Crippen LogP contribution >= 0.6 is 0 Å². The van der Waals surface area contributed by atoms with E-state index in [2.05, 4.69) is 4.72 Å². The number of aliphatic hydroxyl groups is 1. The van der Waals surface area contributed by atoms with Gasteiger partial charge in [0.25, 0.3) is 10.0 Å². The number of sulfonamides is 2. The summed E-state index contributed by atoms with van der Waals surface area (Å²) in [4.78, 5) is 15.2. The summed E-state index contributed by atoms with van der Waals surface area (Å²) in [5, 5.41) is 9.90. The van der Waals surface area contributed by atoms with Gasteiger partial charge in [-0.15, -0.1) is 0 Å². The highest BCUT2D eigenvalue weighted by molar-refractivity contribution is 7.92. The molecule has 0 aromatic heterocycles. The van der Waals surface area contributed by atoms with Crippen molar-refractivity contribution in [1.82, 2.24) is 9.21 Å². The second-order valence-corrected chi connectivity index (χ2v) is 14.8. The number of amides is 1. The van der Waals surface area contributed by atoms with Gasteiger partial charge in [-0.25, -0.2) is 16.8 Å². The summed E-state index contributed by atoms with van der Waals surface area (Å²) in [6.07, 6.45) is -0.805. The molecule has 1 aliphatic heterocycles. The number of carbonyl (C=O) groups excluding carboxylic acids is 1. The van der Waals surface area contributed by atoms with Crippen molar-refractivity contribution in [3.8, 4) is 11.5 Å². The van der Waals surface area contributed by atoms with Crippen molar-refractivity contribution in [1.29, 1.82) is 0 Å². The van der Waals surface area contributed by atoms with Gasteiger partial charge in [-0.05, 0) is 68.4 Å². The number of hydrogen-bond donors (Lipinski definition) is 2. The molecule has 238 valence electrons. The van der Waals surface area contributed by atoms with E-state index in [4.69, 9.17) is 9.47 Å². The molecule has 3 atom stereocenters. The number of benzene rings is 3. The number of carbonyl (C=O) groups is 1. The fourth-order valence-corrected chi connectivity index (χ4v) is 7.15. The molecule has 11 nitrogen and oxygen atoms in total.